The van der Waals surface area contributed by atoms with Crippen LogP contribution in [0.1, 0.15) is 43.5 Å². The van der Waals surface area contributed by atoms with Crippen LogP contribution in [-0.4, -0.2) is 4.98 Å². The third-order valence-corrected chi connectivity index (χ3v) is 2.53. The second kappa shape index (κ2) is 4.94. The summed E-state index contributed by atoms with van der Waals surface area (Å²) in [6.07, 6.45) is 6.36. The van der Waals surface area contributed by atoms with Gasteiger partial charge in [0.25, 0.3) is 0 Å². The molecule has 0 unspecified atom stereocenters. The minimum absolute atomic E-state index is 1.06. The molecule has 76 valence electrons. The van der Waals surface area contributed by atoms with E-state index in [-0.39, 0.29) is 0 Å². The van der Waals surface area contributed by atoms with Crippen LogP contribution in [0.5, 0.6) is 0 Å². The van der Waals surface area contributed by atoms with E-state index in [9.17, 15) is 0 Å². The summed E-state index contributed by atoms with van der Waals surface area (Å²) in [7, 11) is 0. The van der Waals surface area contributed by atoms with Crippen molar-refractivity contribution in [1.29, 1.82) is 0 Å². The average molecular weight is 189 g/mol. The highest BCUT2D eigenvalue weighted by Gasteiger charge is 2.01. The van der Waals surface area contributed by atoms with E-state index in [2.05, 4.69) is 44.8 Å². The number of rotatable bonds is 3. The summed E-state index contributed by atoms with van der Waals surface area (Å²) in [5.74, 6) is 0. The van der Waals surface area contributed by atoms with Gasteiger partial charge in [-0.25, -0.2) is 0 Å². The first-order valence-corrected chi connectivity index (χ1v) is 5.31. The molecule has 0 radical (unpaired) electrons. The first-order chi connectivity index (χ1) is 6.69. The Kier molecular flexibility index (Phi) is 3.87. The molecule has 14 heavy (non-hydrogen) atoms. The zero-order chi connectivity index (χ0) is 10.6. The molecule has 0 aliphatic carbocycles. The lowest BCUT2D eigenvalue weighted by atomic mass is 10.0. The molecule has 0 N–H and O–H groups in total. The van der Waals surface area contributed by atoms with E-state index >= 15 is 0 Å². The molecule has 0 saturated carbocycles. The molecule has 0 aromatic carbocycles. The fourth-order valence-corrected chi connectivity index (χ4v) is 1.48. The highest BCUT2D eigenvalue weighted by molar-refractivity contribution is 5.62. The van der Waals surface area contributed by atoms with E-state index in [0.717, 1.165) is 18.5 Å². The van der Waals surface area contributed by atoms with E-state index in [1.807, 2.05) is 6.20 Å². The largest absolute Gasteiger partial charge is 0.256 e. The van der Waals surface area contributed by atoms with Gasteiger partial charge < -0.3 is 0 Å². The fraction of sp³-hybridized carbons (Fsp3) is 0.462. The standard InChI is InChI=1S/C13H19N/c1-5-7-12(6-2)13-8-10(3)11(4)9-14-13/h7-9H,5-6H2,1-4H3/b12-7+. The molecule has 0 amide bonds. The molecule has 0 bridgehead atoms. The Labute approximate surface area is 86.9 Å². The van der Waals surface area contributed by atoms with Gasteiger partial charge in [0.05, 0.1) is 5.69 Å². The van der Waals surface area contributed by atoms with Crippen LogP contribution >= 0.6 is 0 Å². The summed E-state index contributed by atoms with van der Waals surface area (Å²) in [6.45, 7) is 8.58. The molecule has 1 rings (SSSR count). The Morgan fingerprint density at radius 2 is 2.00 bits per heavy atom. The summed E-state index contributed by atoms with van der Waals surface area (Å²) in [5, 5.41) is 0. The van der Waals surface area contributed by atoms with Gasteiger partial charge in [0.15, 0.2) is 0 Å². The van der Waals surface area contributed by atoms with Crippen molar-refractivity contribution in [2.75, 3.05) is 0 Å². The third kappa shape index (κ3) is 2.44. The maximum atomic E-state index is 4.46. The van der Waals surface area contributed by atoms with Gasteiger partial charge in [0.2, 0.25) is 0 Å². The van der Waals surface area contributed by atoms with Gasteiger partial charge in [-0.1, -0.05) is 19.9 Å². The molecule has 1 aromatic rings. The van der Waals surface area contributed by atoms with Crippen molar-refractivity contribution >= 4 is 5.57 Å². The first kappa shape index (κ1) is 11.0. The number of pyridine rings is 1. The van der Waals surface area contributed by atoms with Gasteiger partial charge >= 0.3 is 0 Å². The van der Waals surface area contributed by atoms with E-state index in [1.165, 1.54) is 16.7 Å². The normalized spacial score (nSPS) is 11.9. The Hall–Kier alpha value is -1.11. The van der Waals surface area contributed by atoms with Crippen molar-refractivity contribution in [1.82, 2.24) is 4.98 Å². The number of hydrogen-bond acceptors (Lipinski definition) is 1. The molecule has 1 nitrogen and oxygen atoms in total. The molecule has 0 atom stereocenters. The maximum absolute atomic E-state index is 4.46. The Morgan fingerprint density at radius 3 is 2.50 bits per heavy atom. The smallest absolute Gasteiger partial charge is 0.0661 e. The number of nitrogens with zero attached hydrogens (tertiary/aromatic N) is 1. The molecule has 0 spiro atoms. The number of aryl methyl sites for hydroxylation is 2. The van der Waals surface area contributed by atoms with E-state index in [0.29, 0.717) is 0 Å². The van der Waals surface area contributed by atoms with Crippen LogP contribution in [0.2, 0.25) is 0 Å². The zero-order valence-electron chi connectivity index (χ0n) is 9.59. The lowest BCUT2D eigenvalue weighted by Crippen LogP contribution is -1.92. The molecule has 0 saturated heterocycles. The second-order valence-corrected chi connectivity index (χ2v) is 3.64. The van der Waals surface area contributed by atoms with Crippen LogP contribution in [0, 0.1) is 13.8 Å². The van der Waals surface area contributed by atoms with Gasteiger partial charge in [-0.05, 0) is 49.5 Å². The molecule has 0 aliphatic heterocycles. The highest BCUT2D eigenvalue weighted by atomic mass is 14.7. The van der Waals surface area contributed by atoms with Gasteiger partial charge in [0, 0.05) is 6.20 Å². The zero-order valence-corrected chi connectivity index (χ0v) is 9.59. The van der Waals surface area contributed by atoms with Crippen molar-refractivity contribution in [3.63, 3.8) is 0 Å². The molecular weight excluding hydrogens is 170 g/mol. The van der Waals surface area contributed by atoms with Crippen molar-refractivity contribution < 1.29 is 0 Å². The van der Waals surface area contributed by atoms with E-state index in [1.54, 1.807) is 0 Å². The Bertz CT molecular complexity index is 337. The topological polar surface area (TPSA) is 12.9 Å². The lowest BCUT2D eigenvalue weighted by molar-refractivity contribution is 1.11. The summed E-state index contributed by atoms with van der Waals surface area (Å²) >= 11 is 0. The average Bonchev–Trinajstić information content (AvgIpc) is 2.19. The number of allylic oxidation sites excluding steroid dienone is 2. The summed E-state index contributed by atoms with van der Waals surface area (Å²) < 4.78 is 0. The molecule has 1 aromatic heterocycles. The minimum Gasteiger partial charge on any atom is -0.256 e. The van der Waals surface area contributed by atoms with Crippen LogP contribution in [-0.2, 0) is 0 Å². The quantitative estimate of drug-likeness (QED) is 0.702. The van der Waals surface area contributed by atoms with Crippen molar-refractivity contribution in [3.8, 4) is 0 Å². The van der Waals surface area contributed by atoms with Gasteiger partial charge in [-0.15, -0.1) is 0 Å². The monoisotopic (exact) mass is 189 g/mol. The molecule has 1 heteroatoms. The first-order valence-electron chi connectivity index (χ1n) is 5.31. The van der Waals surface area contributed by atoms with E-state index < -0.39 is 0 Å². The van der Waals surface area contributed by atoms with Gasteiger partial charge in [-0.2, -0.15) is 0 Å². The SMILES string of the molecule is CC/C=C(\CC)c1cc(C)c(C)cn1. The van der Waals surface area contributed by atoms with Gasteiger partial charge in [-0.3, -0.25) is 4.98 Å². The second-order valence-electron chi connectivity index (χ2n) is 3.64. The predicted molar refractivity (Wildman–Crippen MR) is 62.3 cm³/mol. The summed E-state index contributed by atoms with van der Waals surface area (Å²) in [4.78, 5) is 4.46. The van der Waals surface area contributed by atoms with Crippen LogP contribution in [0.3, 0.4) is 0 Å². The summed E-state index contributed by atoms with van der Waals surface area (Å²) in [6, 6.07) is 2.18. The predicted octanol–water partition coefficient (Wildman–Crippen LogP) is 3.90. The maximum Gasteiger partial charge on any atom is 0.0661 e. The van der Waals surface area contributed by atoms with Crippen LogP contribution in [0.15, 0.2) is 18.3 Å². The molecule has 0 aliphatic rings. The van der Waals surface area contributed by atoms with Crippen LogP contribution in [0.4, 0.5) is 0 Å². The van der Waals surface area contributed by atoms with Crippen molar-refractivity contribution in [2.45, 2.75) is 40.5 Å². The van der Waals surface area contributed by atoms with Gasteiger partial charge in [0.1, 0.15) is 0 Å². The highest BCUT2D eigenvalue weighted by Crippen LogP contribution is 2.18. The lowest BCUT2D eigenvalue weighted by Gasteiger charge is -2.06. The molecule has 0 fully saturated rings. The van der Waals surface area contributed by atoms with E-state index in [4.69, 9.17) is 0 Å². The van der Waals surface area contributed by atoms with Crippen LogP contribution in [0.25, 0.3) is 5.57 Å². The summed E-state index contributed by atoms with van der Waals surface area (Å²) in [5.41, 5.74) is 5.08. The third-order valence-electron chi connectivity index (χ3n) is 2.53. The Morgan fingerprint density at radius 1 is 1.29 bits per heavy atom. The van der Waals surface area contributed by atoms with Crippen molar-refractivity contribution in [2.24, 2.45) is 0 Å². The molecular formula is C13H19N. The fourth-order valence-electron chi connectivity index (χ4n) is 1.48. The molecule has 1 heterocycles. The van der Waals surface area contributed by atoms with Crippen molar-refractivity contribution in [3.05, 3.63) is 35.2 Å². The Balaban J connectivity index is 3.06. The number of aromatic nitrogens is 1. The van der Waals surface area contributed by atoms with Crippen LogP contribution < -0.4 is 0 Å². The number of hydrogen-bond donors (Lipinski definition) is 0. The minimum atomic E-state index is 1.06.